The van der Waals surface area contributed by atoms with Gasteiger partial charge in [0.05, 0.1) is 5.60 Å². The zero-order valence-electron chi connectivity index (χ0n) is 11.5. The first kappa shape index (κ1) is 16.4. The molecule has 0 saturated carbocycles. The van der Waals surface area contributed by atoms with Crippen LogP contribution in [0.25, 0.3) is 0 Å². The van der Waals surface area contributed by atoms with Crippen molar-refractivity contribution in [2.75, 3.05) is 13.1 Å². The molecule has 1 atom stereocenters. The third kappa shape index (κ3) is 8.12. The van der Waals surface area contributed by atoms with E-state index in [0.29, 0.717) is 19.5 Å². The molecule has 0 radical (unpaired) electrons. The summed E-state index contributed by atoms with van der Waals surface area (Å²) in [5.74, 6) is -0.314. The number of amides is 1. The maximum Gasteiger partial charge on any atom is 0.223 e. The van der Waals surface area contributed by atoms with Gasteiger partial charge in [0.25, 0.3) is 0 Å². The number of aliphatic hydroxyl groups excluding tert-OH is 1. The zero-order valence-corrected chi connectivity index (χ0v) is 11.5. The van der Waals surface area contributed by atoms with Gasteiger partial charge in [-0.3, -0.25) is 4.79 Å². The first-order valence-corrected chi connectivity index (χ1v) is 5.91. The van der Waals surface area contributed by atoms with Gasteiger partial charge < -0.3 is 20.9 Å². The van der Waals surface area contributed by atoms with E-state index in [1.54, 1.807) is 13.8 Å². The maximum absolute atomic E-state index is 11.1. The van der Waals surface area contributed by atoms with Crippen molar-refractivity contribution in [1.82, 2.24) is 5.32 Å². The molecule has 0 fully saturated rings. The molecule has 1 amide bonds. The van der Waals surface area contributed by atoms with Crippen LogP contribution in [0.2, 0.25) is 0 Å². The third-order valence-corrected chi connectivity index (χ3v) is 2.40. The molecule has 0 aliphatic heterocycles. The Bertz CT molecular complexity index is 247. The average molecular weight is 246 g/mol. The molecular weight excluding hydrogens is 220 g/mol. The van der Waals surface area contributed by atoms with Gasteiger partial charge in [0.15, 0.2) is 6.29 Å². The quantitative estimate of drug-likeness (QED) is 0.454. The number of carbonyl (C=O) groups excluding carboxylic acids is 1. The van der Waals surface area contributed by atoms with Gasteiger partial charge >= 0.3 is 0 Å². The minimum atomic E-state index is -0.841. The smallest absolute Gasteiger partial charge is 0.223 e. The van der Waals surface area contributed by atoms with E-state index < -0.39 is 11.7 Å². The molecule has 4 N–H and O–H groups in total. The lowest BCUT2D eigenvalue weighted by atomic mass is 9.89. The molecule has 0 aromatic rings. The average Bonchev–Trinajstić information content (AvgIpc) is 2.09. The van der Waals surface area contributed by atoms with Gasteiger partial charge in [-0.1, -0.05) is 13.8 Å². The molecule has 0 aliphatic rings. The van der Waals surface area contributed by atoms with Crippen molar-refractivity contribution in [3.63, 3.8) is 0 Å². The lowest BCUT2D eigenvalue weighted by molar-refractivity contribution is -0.162. The largest absolute Gasteiger partial charge is 0.369 e. The van der Waals surface area contributed by atoms with Crippen LogP contribution >= 0.6 is 0 Å². The predicted octanol–water partition coefficient (Wildman–Crippen LogP) is 0.611. The molecule has 0 rings (SSSR count). The van der Waals surface area contributed by atoms with Gasteiger partial charge in [-0.25, -0.2) is 0 Å². The van der Waals surface area contributed by atoms with Crippen molar-refractivity contribution in [3.8, 4) is 0 Å². The summed E-state index contributed by atoms with van der Waals surface area (Å²) in [5, 5.41) is 12.6. The summed E-state index contributed by atoms with van der Waals surface area (Å²) < 4.78 is 5.32. The first-order valence-electron chi connectivity index (χ1n) is 5.91. The van der Waals surface area contributed by atoms with Crippen LogP contribution in [0.3, 0.4) is 0 Å². The highest BCUT2D eigenvalue weighted by molar-refractivity contribution is 5.79. The monoisotopic (exact) mass is 246 g/mol. The number of carbonyl (C=O) groups is 1. The summed E-state index contributed by atoms with van der Waals surface area (Å²) in [7, 11) is 0. The topological polar surface area (TPSA) is 84.6 Å². The van der Waals surface area contributed by atoms with Crippen molar-refractivity contribution in [3.05, 3.63) is 0 Å². The fraction of sp³-hybridized carbons (Fsp3) is 0.917. The van der Waals surface area contributed by atoms with Crippen molar-refractivity contribution < 1.29 is 14.6 Å². The number of primary amides is 1. The summed E-state index contributed by atoms with van der Waals surface area (Å²) in [6.45, 7) is 10.2. The molecular formula is C12H26N2O3. The maximum atomic E-state index is 11.1. The van der Waals surface area contributed by atoms with Crippen LogP contribution in [-0.2, 0) is 9.53 Å². The number of rotatable bonds is 7. The Morgan fingerprint density at radius 3 is 2.29 bits per heavy atom. The van der Waals surface area contributed by atoms with Crippen LogP contribution < -0.4 is 11.1 Å². The highest BCUT2D eigenvalue weighted by Crippen LogP contribution is 2.18. The summed E-state index contributed by atoms with van der Waals surface area (Å²) in [4.78, 5) is 11.1. The van der Waals surface area contributed by atoms with Gasteiger partial charge in [-0.15, -0.1) is 0 Å². The molecule has 102 valence electrons. The molecule has 0 heterocycles. The van der Waals surface area contributed by atoms with Gasteiger partial charge in [0, 0.05) is 12.0 Å². The minimum absolute atomic E-state index is 0.314. The Hall–Kier alpha value is -0.650. The van der Waals surface area contributed by atoms with Gasteiger partial charge in [-0.05, 0) is 33.7 Å². The summed E-state index contributed by atoms with van der Waals surface area (Å²) in [5.41, 5.74) is 4.36. The highest BCUT2D eigenvalue weighted by atomic mass is 16.6. The number of ether oxygens (including phenoxy) is 1. The Kier molecular flexibility index (Phi) is 6.09. The van der Waals surface area contributed by atoms with Gasteiger partial charge in [-0.2, -0.15) is 0 Å². The van der Waals surface area contributed by atoms with Gasteiger partial charge in [0.2, 0.25) is 5.91 Å². The van der Waals surface area contributed by atoms with Crippen LogP contribution in [0.1, 0.15) is 41.0 Å². The fourth-order valence-corrected chi connectivity index (χ4v) is 1.20. The van der Waals surface area contributed by atoms with Crippen molar-refractivity contribution in [2.45, 2.75) is 52.9 Å². The molecule has 0 aromatic heterocycles. The standard InChI is InChI=1S/C12H26N2O3/c1-11(2,3)17-9(15)8-14-7-6-12(4,5)10(13)16/h9,14-15H,6-8H2,1-5H3,(H2,13,16)/t9-/m0/s1. The summed E-state index contributed by atoms with van der Waals surface area (Å²) >= 11 is 0. The Morgan fingerprint density at radius 1 is 1.35 bits per heavy atom. The van der Waals surface area contributed by atoms with Crippen LogP contribution in [0.15, 0.2) is 0 Å². The second-order valence-corrected chi connectivity index (χ2v) is 5.89. The predicted molar refractivity (Wildman–Crippen MR) is 67.3 cm³/mol. The molecule has 5 heteroatoms. The Balaban J connectivity index is 3.75. The van der Waals surface area contributed by atoms with E-state index in [1.165, 1.54) is 0 Å². The number of hydrogen-bond donors (Lipinski definition) is 3. The van der Waals surface area contributed by atoms with E-state index >= 15 is 0 Å². The van der Waals surface area contributed by atoms with E-state index in [2.05, 4.69) is 5.32 Å². The van der Waals surface area contributed by atoms with Crippen molar-refractivity contribution in [1.29, 1.82) is 0 Å². The Labute approximate surface area is 104 Å². The van der Waals surface area contributed by atoms with E-state index in [1.807, 2.05) is 20.8 Å². The van der Waals surface area contributed by atoms with Gasteiger partial charge in [0.1, 0.15) is 0 Å². The molecule has 0 saturated heterocycles. The molecule has 0 bridgehead atoms. The SMILES string of the molecule is CC(C)(C)O[C@H](O)CNCCC(C)(C)C(N)=O. The molecule has 0 unspecified atom stereocenters. The molecule has 0 aliphatic carbocycles. The van der Waals surface area contributed by atoms with Crippen molar-refractivity contribution >= 4 is 5.91 Å². The summed E-state index contributed by atoms with van der Waals surface area (Å²) in [6, 6.07) is 0. The second-order valence-electron chi connectivity index (χ2n) is 5.89. The summed E-state index contributed by atoms with van der Waals surface area (Å²) in [6.07, 6.45) is -0.211. The lowest BCUT2D eigenvalue weighted by Crippen LogP contribution is -2.38. The number of nitrogens with two attached hydrogens (primary N) is 1. The minimum Gasteiger partial charge on any atom is -0.369 e. The van der Waals surface area contributed by atoms with Crippen LogP contribution in [0.4, 0.5) is 0 Å². The normalized spacial score (nSPS) is 14.7. The zero-order chi connectivity index (χ0) is 13.7. The Morgan fingerprint density at radius 2 is 1.88 bits per heavy atom. The number of aliphatic hydroxyl groups is 1. The first-order chi connectivity index (χ1) is 7.54. The van der Waals surface area contributed by atoms with E-state index in [0.717, 1.165) is 0 Å². The highest BCUT2D eigenvalue weighted by Gasteiger charge is 2.24. The molecule has 0 aromatic carbocycles. The van der Waals surface area contributed by atoms with E-state index in [9.17, 15) is 9.90 Å². The number of hydrogen-bond acceptors (Lipinski definition) is 4. The lowest BCUT2D eigenvalue weighted by Gasteiger charge is -2.25. The second kappa shape index (κ2) is 6.33. The molecule has 5 nitrogen and oxygen atoms in total. The number of nitrogens with one attached hydrogen (secondary N) is 1. The third-order valence-electron chi connectivity index (χ3n) is 2.40. The van der Waals surface area contributed by atoms with E-state index in [-0.39, 0.29) is 11.5 Å². The van der Waals surface area contributed by atoms with E-state index in [4.69, 9.17) is 10.5 Å². The fourth-order valence-electron chi connectivity index (χ4n) is 1.20. The van der Waals surface area contributed by atoms with Crippen molar-refractivity contribution in [2.24, 2.45) is 11.1 Å². The van der Waals surface area contributed by atoms with Crippen LogP contribution in [0.5, 0.6) is 0 Å². The van der Waals surface area contributed by atoms with Crippen LogP contribution in [-0.4, -0.2) is 36.0 Å². The molecule has 17 heavy (non-hydrogen) atoms. The van der Waals surface area contributed by atoms with Crippen LogP contribution in [0, 0.1) is 5.41 Å². The molecule has 0 spiro atoms.